The molecule has 3 aromatic rings. The van der Waals surface area contributed by atoms with E-state index in [1.54, 1.807) is 35.3 Å². The zero-order valence-electron chi connectivity index (χ0n) is 11.0. The zero-order valence-corrected chi connectivity index (χ0v) is 11.9. The molecule has 3 N–H and O–H groups in total. The second-order valence-corrected chi connectivity index (χ2v) is 5.57. The summed E-state index contributed by atoms with van der Waals surface area (Å²) in [6.45, 7) is 1.96. The zero-order chi connectivity index (χ0) is 14.3. The number of carbonyl (C=O) groups is 1. The topological polar surface area (TPSA) is 85.8 Å². The number of aryl methyl sites for hydroxylation is 1. The van der Waals surface area contributed by atoms with Gasteiger partial charge in [0.1, 0.15) is 0 Å². The molecule has 102 valence electrons. The standard InChI is InChI=1S/C13H13N5OS/c1-7-16-10-6-11(8(14)5-12(10)20-7)18-4-3-9(17-18)13(19)15-2/h3-6H,14H2,1-2H3,(H,15,19). The number of benzene rings is 1. The van der Waals surface area contributed by atoms with E-state index in [2.05, 4.69) is 15.4 Å². The lowest BCUT2D eigenvalue weighted by Crippen LogP contribution is -2.18. The summed E-state index contributed by atoms with van der Waals surface area (Å²) in [5, 5.41) is 7.75. The van der Waals surface area contributed by atoms with Crippen LogP contribution in [0.5, 0.6) is 0 Å². The highest BCUT2D eigenvalue weighted by molar-refractivity contribution is 7.18. The molecule has 1 aromatic carbocycles. The minimum absolute atomic E-state index is 0.229. The summed E-state index contributed by atoms with van der Waals surface area (Å²) in [5.41, 5.74) is 8.62. The number of thiazole rings is 1. The number of aromatic nitrogens is 3. The van der Waals surface area contributed by atoms with Gasteiger partial charge in [0, 0.05) is 13.2 Å². The summed E-state index contributed by atoms with van der Waals surface area (Å²) in [7, 11) is 1.57. The van der Waals surface area contributed by atoms with Crippen molar-refractivity contribution in [2.45, 2.75) is 6.92 Å². The normalized spacial score (nSPS) is 10.9. The van der Waals surface area contributed by atoms with Crippen molar-refractivity contribution < 1.29 is 4.79 Å². The molecule has 0 aliphatic carbocycles. The monoisotopic (exact) mass is 287 g/mol. The maximum atomic E-state index is 11.5. The van der Waals surface area contributed by atoms with Crippen LogP contribution in [0.4, 0.5) is 5.69 Å². The lowest BCUT2D eigenvalue weighted by molar-refractivity contribution is 0.0957. The fourth-order valence-electron chi connectivity index (χ4n) is 2.00. The average molecular weight is 287 g/mol. The summed E-state index contributed by atoms with van der Waals surface area (Å²) in [6, 6.07) is 5.42. The fourth-order valence-corrected chi connectivity index (χ4v) is 2.86. The summed E-state index contributed by atoms with van der Waals surface area (Å²) in [5.74, 6) is -0.229. The molecule has 0 spiro atoms. The quantitative estimate of drug-likeness (QED) is 0.703. The lowest BCUT2D eigenvalue weighted by Gasteiger charge is -2.05. The van der Waals surface area contributed by atoms with Gasteiger partial charge in [-0.15, -0.1) is 11.3 Å². The van der Waals surface area contributed by atoms with Gasteiger partial charge in [-0.1, -0.05) is 0 Å². The first-order valence-corrected chi connectivity index (χ1v) is 6.85. The number of amides is 1. The van der Waals surface area contributed by atoms with Crippen LogP contribution in [0.2, 0.25) is 0 Å². The Labute approximate surface area is 119 Å². The number of nitrogen functional groups attached to an aromatic ring is 1. The van der Waals surface area contributed by atoms with Crippen LogP contribution < -0.4 is 11.1 Å². The van der Waals surface area contributed by atoms with Crippen LogP contribution in [-0.2, 0) is 0 Å². The van der Waals surface area contributed by atoms with Gasteiger partial charge in [-0.2, -0.15) is 5.10 Å². The highest BCUT2D eigenvalue weighted by Crippen LogP contribution is 2.28. The molecular formula is C13H13N5OS. The number of nitrogens with one attached hydrogen (secondary N) is 1. The van der Waals surface area contributed by atoms with Crippen molar-refractivity contribution in [1.82, 2.24) is 20.1 Å². The predicted octanol–water partition coefficient (Wildman–Crippen LogP) is 1.73. The molecule has 0 bridgehead atoms. The molecule has 6 nitrogen and oxygen atoms in total. The Morgan fingerprint density at radius 3 is 3.00 bits per heavy atom. The number of anilines is 1. The maximum Gasteiger partial charge on any atom is 0.271 e. The van der Waals surface area contributed by atoms with Gasteiger partial charge < -0.3 is 11.1 Å². The largest absolute Gasteiger partial charge is 0.397 e. The van der Waals surface area contributed by atoms with Crippen LogP contribution >= 0.6 is 11.3 Å². The number of hydrogen-bond acceptors (Lipinski definition) is 5. The first-order chi connectivity index (χ1) is 9.58. The van der Waals surface area contributed by atoms with Crippen molar-refractivity contribution in [3.05, 3.63) is 35.1 Å². The Morgan fingerprint density at radius 1 is 1.45 bits per heavy atom. The Balaban J connectivity index is 2.11. The molecule has 0 unspecified atom stereocenters. The number of hydrogen-bond donors (Lipinski definition) is 2. The predicted molar refractivity (Wildman–Crippen MR) is 79.3 cm³/mol. The minimum Gasteiger partial charge on any atom is -0.397 e. The van der Waals surface area contributed by atoms with Gasteiger partial charge in [-0.3, -0.25) is 4.79 Å². The molecule has 0 radical (unpaired) electrons. The Bertz CT molecular complexity index is 804. The van der Waals surface area contributed by atoms with Crippen molar-refractivity contribution in [1.29, 1.82) is 0 Å². The van der Waals surface area contributed by atoms with Gasteiger partial charge in [0.15, 0.2) is 5.69 Å². The first kappa shape index (κ1) is 12.6. The first-order valence-electron chi connectivity index (χ1n) is 6.03. The van der Waals surface area contributed by atoms with E-state index in [1.807, 2.05) is 19.1 Å². The van der Waals surface area contributed by atoms with Crippen molar-refractivity contribution >= 4 is 33.1 Å². The van der Waals surface area contributed by atoms with Crippen LogP contribution in [0.3, 0.4) is 0 Å². The van der Waals surface area contributed by atoms with Gasteiger partial charge in [0.05, 0.1) is 26.6 Å². The second kappa shape index (κ2) is 4.61. The van der Waals surface area contributed by atoms with E-state index in [0.29, 0.717) is 11.4 Å². The molecule has 0 aliphatic heterocycles. The summed E-state index contributed by atoms with van der Waals surface area (Å²) >= 11 is 1.60. The number of carbonyl (C=O) groups excluding carboxylic acids is 1. The van der Waals surface area contributed by atoms with Crippen LogP contribution in [0, 0.1) is 6.92 Å². The second-order valence-electron chi connectivity index (χ2n) is 4.34. The molecule has 0 aliphatic rings. The van der Waals surface area contributed by atoms with E-state index in [4.69, 9.17) is 5.73 Å². The Kier molecular flexibility index (Phi) is 2.90. The van der Waals surface area contributed by atoms with Crippen molar-refractivity contribution in [3.63, 3.8) is 0 Å². The molecule has 0 atom stereocenters. The molecule has 2 heterocycles. The third kappa shape index (κ3) is 2.01. The molecule has 0 saturated carbocycles. The molecule has 2 aromatic heterocycles. The SMILES string of the molecule is CNC(=O)c1ccn(-c2cc3nc(C)sc3cc2N)n1. The highest BCUT2D eigenvalue weighted by Gasteiger charge is 2.12. The smallest absolute Gasteiger partial charge is 0.271 e. The van der Waals surface area contributed by atoms with Crippen LogP contribution in [0.1, 0.15) is 15.5 Å². The van der Waals surface area contributed by atoms with Crippen LogP contribution in [0.15, 0.2) is 24.4 Å². The molecule has 1 amide bonds. The third-order valence-electron chi connectivity index (χ3n) is 2.94. The van der Waals surface area contributed by atoms with Gasteiger partial charge in [0.25, 0.3) is 5.91 Å². The lowest BCUT2D eigenvalue weighted by atomic mass is 10.2. The Hall–Kier alpha value is -2.41. The average Bonchev–Trinajstić information content (AvgIpc) is 3.02. The van der Waals surface area contributed by atoms with Crippen LogP contribution in [-0.4, -0.2) is 27.7 Å². The number of fused-ring (bicyclic) bond motifs is 1. The molecule has 20 heavy (non-hydrogen) atoms. The fraction of sp³-hybridized carbons (Fsp3) is 0.154. The van der Waals surface area contributed by atoms with E-state index in [-0.39, 0.29) is 5.91 Å². The number of nitrogens with zero attached hydrogens (tertiary/aromatic N) is 3. The van der Waals surface area contributed by atoms with E-state index in [0.717, 1.165) is 20.9 Å². The number of rotatable bonds is 2. The summed E-state index contributed by atoms with van der Waals surface area (Å²) < 4.78 is 2.64. The van der Waals surface area contributed by atoms with Gasteiger partial charge >= 0.3 is 0 Å². The summed E-state index contributed by atoms with van der Waals surface area (Å²) in [4.78, 5) is 16.0. The van der Waals surface area contributed by atoms with Gasteiger partial charge in [-0.05, 0) is 25.1 Å². The van der Waals surface area contributed by atoms with Gasteiger partial charge in [0.2, 0.25) is 0 Å². The highest BCUT2D eigenvalue weighted by atomic mass is 32.1. The van der Waals surface area contributed by atoms with Crippen molar-refractivity contribution in [3.8, 4) is 5.69 Å². The minimum atomic E-state index is -0.229. The van der Waals surface area contributed by atoms with Crippen molar-refractivity contribution in [2.75, 3.05) is 12.8 Å². The van der Waals surface area contributed by atoms with E-state index < -0.39 is 0 Å². The van der Waals surface area contributed by atoms with Crippen LogP contribution in [0.25, 0.3) is 15.9 Å². The van der Waals surface area contributed by atoms with Gasteiger partial charge in [-0.25, -0.2) is 9.67 Å². The molecule has 0 fully saturated rings. The summed E-state index contributed by atoms with van der Waals surface area (Å²) in [6.07, 6.45) is 1.71. The van der Waals surface area contributed by atoms with E-state index >= 15 is 0 Å². The van der Waals surface area contributed by atoms with E-state index in [1.165, 1.54) is 0 Å². The van der Waals surface area contributed by atoms with E-state index in [9.17, 15) is 4.79 Å². The third-order valence-corrected chi connectivity index (χ3v) is 3.87. The maximum absolute atomic E-state index is 11.5. The van der Waals surface area contributed by atoms with Crippen molar-refractivity contribution in [2.24, 2.45) is 0 Å². The molecule has 0 saturated heterocycles. The molecule has 7 heteroatoms. The Morgan fingerprint density at radius 2 is 2.25 bits per heavy atom. The number of nitrogens with two attached hydrogens (primary N) is 1. The molecular weight excluding hydrogens is 274 g/mol. The molecule has 3 rings (SSSR count).